The van der Waals surface area contributed by atoms with Crippen LogP contribution in [0.4, 0.5) is 23.7 Å². The molecular weight excluding hydrogens is 465 g/mol. The first-order valence-corrected chi connectivity index (χ1v) is 9.84. The van der Waals surface area contributed by atoms with Crippen LogP contribution in [0.1, 0.15) is 31.0 Å². The maximum Gasteiger partial charge on any atom is 0.416 e. The molecule has 0 fully saturated rings. The molecule has 0 radical (unpaired) electrons. The fourth-order valence-electron chi connectivity index (χ4n) is 3.25. The Hall–Kier alpha value is -2.81. The van der Waals surface area contributed by atoms with Crippen molar-refractivity contribution in [3.8, 4) is 0 Å². The molecule has 1 N–H and O–H groups in total. The van der Waals surface area contributed by atoms with Crippen molar-refractivity contribution in [2.75, 3.05) is 11.5 Å². The largest absolute Gasteiger partial charge is 0.463 e. The number of hydrogen-bond donors (Lipinski definition) is 1. The van der Waals surface area contributed by atoms with Gasteiger partial charge in [0.2, 0.25) is 0 Å². The van der Waals surface area contributed by atoms with E-state index in [2.05, 4.69) is 21.2 Å². The van der Waals surface area contributed by atoms with E-state index < -0.39 is 29.8 Å². The van der Waals surface area contributed by atoms with Gasteiger partial charge in [0.25, 0.3) is 0 Å². The lowest BCUT2D eigenvalue weighted by Gasteiger charge is -2.35. The minimum Gasteiger partial charge on any atom is -0.463 e. The van der Waals surface area contributed by atoms with E-state index in [0.29, 0.717) is 5.56 Å². The second-order valence-electron chi connectivity index (χ2n) is 6.54. The van der Waals surface area contributed by atoms with Crippen LogP contribution in [0, 0.1) is 0 Å². The van der Waals surface area contributed by atoms with E-state index in [0.717, 1.165) is 21.5 Å². The van der Waals surface area contributed by atoms with Crippen molar-refractivity contribution < 1.29 is 27.5 Å². The highest BCUT2D eigenvalue weighted by Gasteiger charge is 2.38. The molecule has 1 aliphatic heterocycles. The van der Waals surface area contributed by atoms with Gasteiger partial charge in [-0.25, -0.2) is 9.59 Å². The Labute approximate surface area is 179 Å². The Morgan fingerprint density at radius 1 is 1.20 bits per heavy atom. The molecule has 2 amide bonds. The Balaban J connectivity index is 2.13. The Morgan fingerprint density at radius 2 is 1.87 bits per heavy atom. The molecular formula is C21H18BrF3N2O3. The van der Waals surface area contributed by atoms with Crippen LogP contribution >= 0.6 is 15.9 Å². The minimum absolute atomic E-state index is 0.00382. The van der Waals surface area contributed by atoms with Gasteiger partial charge in [-0.05, 0) is 49.7 Å². The number of urea groups is 1. The number of nitrogens with one attached hydrogen (secondary N) is 1. The first-order valence-electron chi connectivity index (χ1n) is 9.04. The molecule has 30 heavy (non-hydrogen) atoms. The van der Waals surface area contributed by atoms with Crippen molar-refractivity contribution in [2.24, 2.45) is 0 Å². The lowest BCUT2D eigenvalue weighted by molar-refractivity contribution is -0.139. The molecule has 0 saturated heterocycles. The van der Waals surface area contributed by atoms with E-state index >= 15 is 0 Å². The topological polar surface area (TPSA) is 58.6 Å². The van der Waals surface area contributed by atoms with Gasteiger partial charge in [0, 0.05) is 10.2 Å². The lowest BCUT2D eigenvalue weighted by Crippen LogP contribution is -2.48. The van der Waals surface area contributed by atoms with E-state index in [1.54, 1.807) is 31.2 Å². The van der Waals surface area contributed by atoms with Crippen LogP contribution in [0.2, 0.25) is 0 Å². The number of esters is 1. The number of carbonyl (C=O) groups excluding carboxylic acids is 2. The molecule has 0 saturated carbocycles. The van der Waals surface area contributed by atoms with Gasteiger partial charge in [-0.15, -0.1) is 0 Å². The van der Waals surface area contributed by atoms with E-state index in [9.17, 15) is 22.8 Å². The van der Waals surface area contributed by atoms with Gasteiger partial charge in [0.15, 0.2) is 0 Å². The molecule has 158 valence electrons. The molecule has 1 unspecified atom stereocenters. The molecule has 2 aromatic carbocycles. The smallest absolute Gasteiger partial charge is 0.416 e. The fraction of sp³-hybridized carbons (Fsp3) is 0.238. The summed E-state index contributed by atoms with van der Waals surface area (Å²) in [5.74, 6) is -0.653. The van der Waals surface area contributed by atoms with E-state index in [-0.39, 0.29) is 23.6 Å². The number of carbonyl (C=O) groups is 2. The normalized spacial score (nSPS) is 17.1. The number of ether oxygens (including phenoxy) is 1. The summed E-state index contributed by atoms with van der Waals surface area (Å²) in [5.41, 5.74) is 0.0856. The van der Waals surface area contributed by atoms with Crippen LogP contribution < -0.4 is 10.2 Å². The average molecular weight is 483 g/mol. The van der Waals surface area contributed by atoms with Crippen molar-refractivity contribution in [3.63, 3.8) is 0 Å². The number of allylic oxidation sites excluding steroid dienone is 1. The Bertz CT molecular complexity index is 1000. The summed E-state index contributed by atoms with van der Waals surface area (Å²) in [6.07, 6.45) is -4.57. The number of anilines is 1. The van der Waals surface area contributed by atoms with Gasteiger partial charge in [-0.2, -0.15) is 13.2 Å². The Kier molecular flexibility index (Phi) is 6.21. The molecule has 0 aromatic heterocycles. The standard InChI is InChI=1S/C21H18BrF3N2O3/c1-3-30-19(28)17-12(2)27(16-6-4-5-14(11-16)21(23,24)25)20(29)26-18(17)13-7-9-15(22)10-8-13/h4-11,18H,3H2,1-2H3,(H,26,29). The van der Waals surface area contributed by atoms with Crippen molar-refractivity contribution in [3.05, 3.63) is 75.4 Å². The summed E-state index contributed by atoms with van der Waals surface area (Å²) in [7, 11) is 0. The van der Waals surface area contributed by atoms with Gasteiger partial charge >= 0.3 is 18.2 Å². The summed E-state index contributed by atoms with van der Waals surface area (Å²) >= 11 is 3.33. The second-order valence-corrected chi connectivity index (χ2v) is 7.45. The number of amides is 2. The average Bonchev–Trinajstić information content (AvgIpc) is 2.68. The molecule has 3 rings (SSSR count). The molecule has 0 aliphatic carbocycles. The molecule has 1 atom stereocenters. The first-order chi connectivity index (χ1) is 14.1. The molecule has 0 bridgehead atoms. The summed E-state index contributed by atoms with van der Waals surface area (Å²) < 4.78 is 45.4. The zero-order chi connectivity index (χ0) is 22.1. The van der Waals surface area contributed by atoms with Crippen LogP contribution in [-0.4, -0.2) is 18.6 Å². The third-order valence-electron chi connectivity index (χ3n) is 4.62. The third kappa shape index (κ3) is 4.35. The number of rotatable bonds is 4. The monoisotopic (exact) mass is 482 g/mol. The highest BCUT2D eigenvalue weighted by molar-refractivity contribution is 9.10. The summed E-state index contributed by atoms with van der Waals surface area (Å²) in [6, 6.07) is 9.93. The molecule has 9 heteroatoms. The predicted octanol–water partition coefficient (Wildman–Crippen LogP) is 5.58. The zero-order valence-corrected chi connectivity index (χ0v) is 17.7. The number of benzene rings is 2. The fourth-order valence-corrected chi connectivity index (χ4v) is 3.52. The van der Waals surface area contributed by atoms with Gasteiger partial charge < -0.3 is 10.1 Å². The van der Waals surface area contributed by atoms with Crippen molar-refractivity contribution in [2.45, 2.75) is 26.1 Å². The number of halogens is 4. The van der Waals surface area contributed by atoms with Crippen molar-refractivity contribution in [1.29, 1.82) is 0 Å². The van der Waals surface area contributed by atoms with Crippen molar-refractivity contribution >= 4 is 33.6 Å². The molecule has 0 spiro atoms. The first kappa shape index (κ1) is 21.9. The number of alkyl halides is 3. The summed E-state index contributed by atoms with van der Waals surface area (Å²) in [4.78, 5) is 26.7. The zero-order valence-electron chi connectivity index (χ0n) is 16.1. The SMILES string of the molecule is CCOC(=O)C1=C(C)N(c2cccc(C(F)(F)F)c2)C(=O)NC1c1ccc(Br)cc1. The minimum atomic E-state index is -4.57. The lowest BCUT2D eigenvalue weighted by atomic mass is 9.94. The summed E-state index contributed by atoms with van der Waals surface area (Å²) in [5, 5.41) is 2.71. The van der Waals surface area contributed by atoms with E-state index in [1.165, 1.54) is 19.1 Å². The molecule has 5 nitrogen and oxygen atoms in total. The van der Waals surface area contributed by atoms with Crippen LogP contribution in [0.3, 0.4) is 0 Å². The molecule has 1 heterocycles. The molecule has 2 aromatic rings. The van der Waals surface area contributed by atoms with Crippen LogP contribution in [0.25, 0.3) is 0 Å². The third-order valence-corrected chi connectivity index (χ3v) is 5.14. The van der Waals surface area contributed by atoms with Gasteiger partial charge in [-0.1, -0.05) is 34.1 Å². The van der Waals surface area contributed by atoms with Gasteiger partial charge in [-0.3, -0.25) is 4.90 Å². The van der Waals surface area contributed by atoms with Gasteiger partial charge in [0.1, 0.15) is 0 Å². The predicted molar refractivity (Wildman–Crippen MR) is 109 cm³/mol. The van der Waals surface area contributed by atoms with E-state index in [1.807, 2.05) is 0 Å². The van der Waals surface area contributed by atoms with Crippen LogP contribution in [-0.2, 0) is 15.7 Å². The summed E-state index contributed by atoms with van der Waals surface area (Å²) in [6.45, 7) is 3.27. The van der Waals surface area contributed by atoms with Crippen LogP contribution in [0.5, 0.6) is 0 Å². The highest BCUT2D eigenvalue weighted by Crippen LogP contribution is 2.37. The quantitative estimate of drug-likeness (QED) is 0.579. The highest BCUT2D eigenvalue weighted by atomic mass is 79.9. The van der Waals surface area contributed by atoms with Crippen LogP contribution in [0.15, 0.2) is 64.3 Å². The Morgan fingerprint density at radius 3 is 2.47 bits per heavy atom. The molecule has 1 aliphatic rings. The second kappa shape index (κ2) is 8.51. The maximum absolute atomic E-state index is 13.1. The van der Waals surface area contributed by atoms with Gasteiger partial charge in [0.05, 0.1) is 29.5 Å². The van der Waals surface area contributed by atoms with Crippen molar-refractivity contribution in [1.82, 2.24) is 5.32 Å². The number of hydrogen-bond acceptors (Lipinski definition) is 3. The van der Waals surface area contributed by atoms with E-state index in [4.69, 9.17) is 4.74 Å². The number of nitrogens with zero attached hydrogens (tertiary/aromatic N) is 1. The maximum atomic E-state index is 13.1.